The summed E-state index contributed by atoms with van der Waals surface area (Å²) >= 11 is 0. The fourth-order valence-electron chi connectivity index (χ4n) is 7.20. The molecule has 5 aromatic rings. The summed E-state index contributed by atoms with van der Waals surface area (Å²) < 4.78 is 9.77. The second-order valence-corrected chi connectivity index (χ2v) is 13.7. The molecule has 0 aliphatic carbocycles. The number of aromatic nitrogens is 5. The van der Waals surface area contributed by atoms with Crippen molar-refractivity contribution in [1.29, 1.82) is 0 Å². The fourth-order valence-corrected chi connectivity index (χ4v) is 7.20. The van der Waals surface area contributed by atoms with Gasteiger partial charge < -0.3 is 51.0 Å². The number of carboxylic acids is 4. The molecule has 19 heteroatoms. The lowest BCUT2D eigenvalue weighted by Crippen LogP contribution is -2.47. The molecule has 2 aliphatic heterocycles. The van der Waals surface area contributed by atoms with Gasteiger partial charge in [0, 0.05) is 54.4 Å². The van der Waals surface area contributed by atoms with Crippen molar-refractivity contribution < 1.29 is 49.1 Å². The second kappa shape index (κ2) is 19.4. The molecule has 0 unspecified atom stereocenters. The molecule has 3 aromatic heterocycles. The molecule has 2 saturated heterocycles. The molecule has 310 valence electrons. The second-order valence-electron chi connectivity index (χ2n) is 13.7. The number of carbonyl (C=O) groups is 5. The minimum absolute atomic E-state index is 0.221. The third kappa shape index (κ3) is 10.6. The lowest BCUT2D eigenvalue weighted by Gasteiger charge is -2.41. The number of primary amides is 1. The molecule has 19 nitrogen and oxygen atoms in total. The predicted molar refractivity (Wildman–Crippen MR) is 216 cm³/mol. The highest BCUT2D eigenvalue weighted by atomic mass is 16.5. The van der Waals surface area contributed by atoms with E-state index in [1.807, 2.05) is 47.0 Å². The average Bonchev–Trinajstić information content (AvgIpc) is 3.81. The number of benzene rings is 2. The van der Waals surface area contributed by atoms with Crippen LogP contribution in [0.3, 0.4) is 0 Å². The number of hydrogen-bond acceptors (Lipinski definition) is 12. The van der Waals surface area contributed by atoms with E-state index in [0.717, 1.165) is 53.4 Å². The zero-order valence-electron chi connectivity index (χ0n) is 32.3. The van der Waals surface area contributed by atoms with E-state index in [4.69, 9.17) is 41.7 Å². The van der Waals surface area contributed by atoms with Crippen LogP contribution in [0.4, 0.5) is 5.82 Å². The molecule has 0 bridgehead atoms. The zero-order valence-corrected chi connectivity index (χ0v) is 32.3. The van der Waals surface area contributed by atoms with Gasteiger partial charge in [-0.05, 0) is 70.1 Å². The highest BCUT2D eigenvalue weighted by Gasteiger charge is 2.30. The summed E-state index contributed by atoms with van der Waals surface area (Å²) in [5, 5.41) is 38.0. The van der Waals surface area contributed by atoms with Crippen LogP contribution in [0.25, 0.3) is 38.9 Å². The molecule has 2 fully saturated rings. The molecule has 5 heterocycles. The van der Waals surface area contributed by atoms with Gasteiger partial charge in [-0.2, -0.15) is 5.10 Å². The third-order valence-corrected chi connectivity index (χ3v) is 9.96. The van der Waals surface area contributed by atoms with Gasteiger partial charge >= 0.3 is 23.9 Å². The van der Waals surface area contributed by atoms with Crippen molar-refractivity contribution in [2.24, 2.45) is 5.73 Å². The average molecular weight is 812 g/mol. The molecule has 0 atom stereocenters. The van der Waals surface area contributed by atoms with Crippen LogP contribution < -0.4 is 16.2 Å². The van der Waals surface area contributed by atoms with Crippen molar-refractivity contribution in [3.63, 3.8) is 0 Å². The number of anilines is 1. The van der Waals surface area contributed by atoms with Gasteiger partial charge in [-0.3, -0.25) is 4.79 Å². The summed E-state index contributed by atoms with van der Waals surface area (Å²) in [6, 6.07) is 16.3. The van der Waals surface area contributed by atoms with Gasteiger partial charge in [0.1, 0.15) is 29.3 Å². The minimum atomic E-state index is -1.26. The Morgan fingerprint density at radius 1 is 0.780 bits per heavy atom. The van der Waals surface area contributed by atoms with Gasteiger partial charge in [0.15, 0.2) is 5.65 Å². The number of ether oxygens (including phenoxy) is 1. The van der Waals surface area contributed by atoms with Crippen LogP contribution in [0.1, 0.15) is 42.2 Å². The largest absolute Gasteiger partial charge is 0.495 e. The van der Waals surface area contributed by atoms with Crippen molar-refractivity contribution in [2.75, 3.05) is 46.1 Å². The van der Waals surface area contributed by atoms with Crippen LogP contribution >= 0.6 is 0 Å². The maximum Gasteiger partial charge on any atom is 0.328 e. The summed E-state index contributed by atoms with van der Waals surface area (Å²) in [6.45, 7) is 4.43. The molecule has 8 N–H and O–H groups in total. The molecule has 2 aliphatic rings. The number of rotatable bonds is 10. The Morgan fingerprint density at radius 2 is 1.36 bits per heavy atom. The highest BCUT2D eigenvalue weighted by Crippen LogP contribution is 2.38. The van der Waals surface area contributed by atoms with E-state index in [0.29, 0.717) is 59.0 Å². The highest BCUT2D eigenvalue weighted by molar-refractivity contribution is 6.01. The number of nitrogen functional groups attached to an aromatic ring is 1. The van der Waals surface area contributed by atoms with Crippen molar-refractivity contribution in [3.05, 3.63) is 84.9 Å². The summed E-state index contributed by atoms with van der Waals surface area (Å²) in [6.07, 6.45) is 8.22. The lowest BCUT2D eigenvalue weighted by molar-refractivity contribution is -0.134. The van der Waals surface area contributed by atoms with Crippen molar-refractivity contribution in [1.82, 2.24) is 34.1 Å². The first-order valence-electron chi connectivity index (χ1n) is 18.5. The Kier molecular flexibility index (Phi) is 14.1. The van der Waals surface area contributed by atoms with Gasteiger partial charge in [-0.15, -0.1) is 0 Å². The Balaban J connectivity index is 0.000000350. The smallest absolute Gasteiger partial charge is 0.328 e. The summed E-state index contributed by atoms with van der Waals surface area (Å²) in [7, 11) is 3.82. The molecule has 0 spiro atoms. The number of hydrogen-bond donors (Lipinski definition) is 6. The van der Waals surface area contributed by atoms with Crippen LogP contribution in [0.2, 0.25) is 0 Å². The van der Waals surface area contributed by atoms with Gasteiger partial charge in [0.2, 0.25) is 0 Å². The summed E-state index contributed by atoms with van der Waals surface area (Å²) in [5.74, 6) is -4.57. The van der Waals surface area contributed by atoms with E-state index in [-0.39, 0.29) is 6.04 Å². The summed E-state index contributed by atoms with van der Waals surface area (Å²) in [4.78, 5) is 64.7. The van der Waals surface area contributed by atoms with E-state index >= 15 is 0 Å². The molecule has 1 amide bonds. The number of methoxy groups -OCH3 is 1. The number of carbonyl (C=O) groups excluding carboxylic acids is 1. The minimum Gasteiger partial charge on any atom is -0.495 e. The van der Waals surface area contributed by atoms with Crippen LogP contribution in [0, 0.1) is 0 Å². The Morgan fingerprint density at radius 3 is 1.92 bits per heavy atom. The normalized spacial score (nSPS) is 15.4. The number of fused-ring (bicyclic) bond motifs is 2. The van der Waals surface area contributed by atoms with Crippen molar-refractivity contribution in [3.8, 4) is 22.7 Å². The molecule has 7 rings (SSSR count). The van der Waals surface area contributed by atoms with Crippen LogP contribution in [-0.4, -0.2) is 131 Å². The first kappa shape index (κ1) is 43.0. The standard InChI is InChI=1S/C32H37N9O2.2C4H4O4/c1-38-13-9-22(10-14-38)39-15-11-23(12-16-39)41-32-28(30(33)35-19-36-32)29(37-41)21-7-8-25(27(18-21)43-2)40-24-6-4-3-5-20(24)17-26(40)31(34)42;2*5-3(6)1-2-4(7)8/h3-8,17-19,22-23H,9-16H2,1-2H3,(H2,34,42)(H2,33,35,36);2*1-2H,(H,5,6)(H,7,8). The third-order valence-electron chi connectivity index (χ3n) is 9.96. The first-order chi connectivity index (χ1) is 28.2. The lowest BCUT2D eigenvalue weighted by atomic mass is 9.98. The topological polar surface area (TPSA) is 283 Å². The Bertz CT molecular complexity index is 2340. The van der Waals surface area contributed by atoms with E-state index in [1.54, 1.807) is 13.2 Å². The Labute approximate surface area is 337 Å². The maximum atomic E-state index is 12.4. The number of likely N-dealkylation sites (tertiary alicyclic amines) is 2. The van der Waals surface area contributed by atoms with Crippen LogP contribution in [0.5, 0.6) is 5.75 Å². The predicted octanol–water partition coefficient (Wildman–Crippen LogP) is 3.28. The monoisotopic (exact) mass is 811 g/mol. The molecular formula is C40H45N9O10. The number of piperidine rings is 2. The number of nitrogens with two attached hydrogens (primary N) is 2. The number of carboxylic acid groups (broad SMARTS) is 4. The van der Waals surface area contributed by atoms with Crippen molar-refractivity contribution in [2.45, 2.75) is 37.8 Å². The molecular weight excluding hydrogens is 766 g/mol. The first-order valence-corrected chi connectivity index (χ1v) is 18.5. The fraction of sp³-hybridized carbons (Fsp3) is 0.300. The number of amides is 1. The Hall–Kier alpha value is -7.12. The molecule has 59 heavy (non-hydrogen) atoms. The van der Waals surface area contributed by atoms with Crippen LogP contribution in [-0.2, 0) is 19.2 Å². The van der Waals surface area contributed by atoms with E-state index in [1.165, 1.54) is 32.3 Å². The molecule has 0 radical (unpaired) electrons. The van der Waals surface area contributed by atoms with Crippen molar-refractivity contribution >= 4 is 57.5 Å². The number of para-hydroxylation sites is 1. The molecule has 0 saturated carbocycles. The quantitative estimate of drug-likeness (QED) is 0.110. The van der Waals surface area contributed by atoms with E-state index in [2.05, 4.69) is 31.5 Å². The van der Waals surface area contributed by atoms with Gasteiger partial charge in [0.25, 0.3) is 5.91 Å². The van der Waals surface area contributed by atoms with E-state index in [9.17, 15) is 24.0 Å². The maximum absolute atomic E-state index is 12.4. The SMILES string of the molecule is COc1cc(-c2nn(C3CCN(C4CCN(C)CC4)CC3)c3ncnc(N)c23)ccc1-n1c(C(N)=O)cc2ccccc21.O=C(O)C=CC(=O)O.O=C(O)C=CC(=O)O. The van der Waals surface area contributed by atoms with Gasteiger partial charge in [-0.1, -0.05) is 24.3 Å². The van der Waals surface area contributed by atoms with Gasteiger partial charge in [-0.25, -0.2) is 33.8 Å². The van der Waals surface area contributed by atoms with Gasteiger partial charge in [0.05, 0.1) is 29.7 Å². The van der Waals surface area contributed by atoms with E-state index < -0.39 is 29.8 Å². The van der Waals surface area contributed by atoms with Crippen LogP contribution in [0.15, 0.2) is 79.2 Å². The number of nitrogens with zero attached hydrogens (tertiary/aromatic N) is 7. The summed E-state index contributed by atoms with van der Waals surface area (Å²) in [5.41, 5.74) is 16.5. The number of aliphatic carboxylic acids is 4. The zero-order chi connectivity index (χ0) is 42.8. The molecule has 2 aromatic carbocycles.